The van der Waals surface area contributed by atoms with Crippen molar-refractivity contribution in [3.05, 3.63) is 39.8 Å². The van der Waals surface area contributed by atoms with E-state index in [-0.39, 0.29) is 24.0 Å². The molecule has 0 radical (unpaired) electrons. The van der Waals surface area contributed by atoms with E-state index in [1.807, 2.05) is 0 Å². The molecule has 1 atom stereocenters. The van der Waals surface area contributed by atoms with Crippen LogP contribution in [0.15, 0.2) is 23.3 Å². The fourth-order valence-corrected chi connectivity index (χ4v) is 3.83. The average Bonchev–Trinajstić information content (AvgIpc) is 3.14. The van der Waals surface area contributed by atoms with E-state index in [4.69, 9.17) is 24.5 Å². The number of rotatable bonds is 17. The van der Waals surface area contributed by atoms with Crippen molar-refractivity contribution in [1.29, 1.82) is 0 Å². The van der Waals surface area contributed by atoms with Gasteiger partial charge in [-0.1, -0.05) is 11.2 Å². The van der Waals surface area contributed by atoms with Gasteiger partial charge in [0.15, 0.2) is 0 Å². The number of hydrogen-bond donors (Lipinski definition) is 2. The van der Waals surface area contributed by atoms with E-state index in [1.54, 1.807) is 18.2 Å². The minimum atomic E-state index is -1.00. The molecule has 37 heavy (non-hydrogen) atoms. The van der Waals surface area contributed by atoms with E-state index in [2.05, 4.69) is 20.7 Å². The molecule has 14 heteroatoms. The molecule has 2 aliphatic heterocycles. The lowest BCUT2D eigenvalue weighted by Gasteiger charge is -2.27. The number of amides is 4. The lowest BCUT2D eigenvalue weighted by molar-refractivity contribution is -0.136. The SMILES string of the molecule is [N-]=[N+]=NCCOCCOCCOCCOCCNc1cccc2c1C(=O)N(C1CCC(=O)NC1=O)C2=O. The summed E-state index contributed by atoms with van der Waals surface area (Å²) in [7, 11) is 0. The molecule has 1 aromatic rings. The highest BCUT2D eigenvalue weighted by molar-refractivity contribution is 6.25. The summed E-state index contributed by atoms with van der Waals surface area (Å²) in [6.45, 7) is 3.81. The maximum atomic E-state index is 13.0. The molecule has 2 heterocycles. The van der Waals surface area contributed by atoms with Gasteiger partial charge in [0.05, 0.1) is 64.0 Å². The Bertz CT molecular complexity index is 1030. The highest BCUT2D eigenvalue weighted by Crippen LogP contribution is 2.32. The normalized spacial score (nSPS) is 17.0. The van der Waals surface area contributed by atoms with Crippen LogP contribution in [0.1, 0.15) is 33.6 Å². The number of azide groups is 1. The number of nitrogens with one attached hydrogen (secondary N) is 2. The average molecular weight is 519 g/mol. The second kappa shape index (κ2) is 14.9. The summed E-state index contributed by atoms with van der Waals surface area (Å²) < 4.78 is 21.5. The van der Waals surface area contributed by atoms with Gasteiger partial charge in [0.2, 0.25) is 11.8 Å². The molecule has 1 unspecified atom stereocenters. The molecule has 4 amide bonds. The molecular weight excluding hydrogens is 488 g/mol. The van der Waals surface area contributed by atoms with E-state index in [0.717, 1.165) is 4.90 Å². The number of anilines is 1. The number of ether oxygens (including phenoxy) is 4. The predicted octanol–water partition coefficient (Wildman–Crippen LogP) is 0.876. The smallest absolute Gasteiger partial charge is 0.264 e. The lowest BCUT2D eigenvalue weighted by Crippen LogP contribution is -2.54. The lowest BCUT2D eigenvalue weighted by atomic mass is 10.0. The molecular formula is C23H30N6O8. The summed E-state index contributed by atoms with van der Waals surface area (Å²) in [5, 5.41) is 8.65. The van der Waals surface area contributed by atoms with Gasteiger partial charge in [-0.25, -0.2) is 0 Å². The Morgan fingerprint density at radius 3 is 2.24 bits per heavy atom. The molecule has 1 fully saturated rings. The van der Waals surface area contributed by atoms with Gasteiger partial charge >= 0.3 is 0 Å². The first kappa shape index (κ1) is 28.0. The molecule has 2 aliphatic rings. The molecule has 0 aliphatic carbocycles. The van der Waals surface area contributed by atoms with Crippen molar-refractivity contribution in [2.75, 3.05) is 71.3 Å². The number of nitrogens with zero attached hydrogens (tertiary/aromatic N) is 4. The fraction of sp³-hybridized carbons (Fsp3) is 0.565. The van der Waals surface area contributed by atoms with Gasteiger partial charge in [-0.3, -0.25) is 29.4 Å². The summed E-state index contributed by atoms with van der Waals surface area (Å²) >= 11 is 0. The van der Waals surface area contributed by atoms with Crippen LogP contribution in [-0.4, -0.2) is 101 Å². The van der Waals surface area contributed by atoms with Crippen molar-refractivity contribution >= 4 is 29.3 Å². The van der Waals surface area contributed by atoms with Crippen molar-refractivity contribution in [2.45, 2.75) is 18.9 Å². The molecule has 1 saturated heterocycles. The Kier molecular flexibility index (Phi) is 11.3. The topological polar surface area (TPSA) is 181 Å². The van der Waals surface area contributed by atoms with Gasteiger partial charge in [-0.2, -0.15) is 0 Å². The summed E-state index contributed by atoms with van der Waals surface area (Å²) in [4.78, 5) is 53.1. The first-order valence-electron chi connectivity index (χ1n) is 11.9. The zero-order chi connectivity index (χ0) is 26.5. The zero-order valence-corrected chi connectivity index (χ0v) is 20.3. The van der Waals surface area contributed by atoms with Crippen molar-refractivity contribution < 1.29 is 38.1 Å². The first-order chi connectivity index (χ1) is 18.0. The molecule has 0 bridgehead atoms. The second-order valence-corrected chi connectivity index (χ2v) is 8.01. The van der Waals surface area contributed by atoms with Crippen molar-refractivity contribution in [1.82, 2.24) is 10.2 Å². The van der Waals surface area contributed by atoms with Crippen molar-refractivity contribution in [3.63, 3.8) is 0 Å². The van der Waals surface area contributed by atoms with Crippen LogP contribution >= 0.6 is 0 Å². The zero-order valence-electron chi connectivity index (χ0n) is 20.3. The third-order valence-electron chi connectivity index (χ3n) is 5.54. The molecule has 1 aromatic carbocycles. The van der Waals surface area contributed by atoms with Crippen LogP contribution in [0.3, 0.4) is 0 Å². The number of fused-ring (bicyclic) bond motifs is 1. The van der Waals surface area contributed by atoms with E-state index in [0.29, 0.717) is 71.6 Å². The maximum absolute atomic E-state index is 13.0. The van der Waals surface area contributed by atoms with Crippen LogP contribution in [0.25, 0.3) is 10.4 Å². The van der Waals surface area contributed by atoms with Crippen LogP contribution in [0.4, 0.5) is 5.69 Å². The van der Waals surface area contributed by atoms with E-state index in [1.165, 1.54) is 0 Å². The second-order valence-electron chi connectivity index (χ2n) is 8.01. The van der Waals surface area contributed by atoms with Crippen LogP contribution < -0.4 is 10.6 Å². The van der Waals surface area contributed by atoms with Crippen LogP contribution in [0, 0.1) is 0 Å². The number of carbonyl (C=O) groups excluding carboxylic acids is 4. The number of piperidine rings is 1. The quantitative estimate of drug-likeness (QED) is 0.0994. The minimum Gasteiger partial charge on any atom is -0.382 e. The van der Waals surface area contributed by atoms with E-state index >= 15 is 0 Å². The van der Waals surface area contributed by atoms with Gasteiger partial charge in [0.25, 0.3) is 11.8 Å². The van der Waals surface area contributed by atoms with Gasteiger partial charge in [-0.15, -0.1) is 0 Å². The van der Waals surface area contributed by atoms with Gasteiger partial charge in [-0.05, 0) is 24.1 Å². The molecule has 3 rings (SSSR count). The van der Waals surface area contributed by atoms with Gasteiger partial charge in [0, 0.05) is 30.1 Å². The number of hydrogen-bond acceptors (Lipinski definition) is 10. The molecule has 0 spiro atoms. The Hall–Kier alpha value is -3.55. The third kappa shape index (κ3) is 7.97. The molecule has 0 saturated carbocycles. The van der Waals surface area contributed by atoms with Crippen molar-refractivity contribution in [2.24, 2.45) is 5.11 Å². The molecule has 200 valence electrons. The summed E-state index contributed by atoms with van der Waals surface area (Å²) in [6, 6.07) is 3.89. The monoisotopic (exact) mass is 518 g/mol. The van der Waals surface area contributed by atoms with Crippen molar-refractivity contribution in [3.8, 4) is 0 Å². The first-order valence-corrected chi connectivity index (χ1v) is 11.9. The molecule has 2 N–H and O–H groups in total. The largest absolute Gasteiger partial charge is 0.382 e. The highest BCUT2D eigenvalue weighted by atomic mass is 16.6. The van der Waals surface area contributed by atoms with Crippen LogP contribution in [0.2, 0.25) is 0 Å². The summed E-state index contributed by atoms with van der Waals surface area (Å²) in [6.07, 6.45) is 0.175. The van der Waals surface area contributed by atoms with E-state index in [9.17, 15) is 19.2 Å². The number of carbonyl (C=O) groups is 4. The Morgan fingerprint density at radius 1 is 0.946 bits per heavy atom. The van der Waals surface area contributed by atoms with Gasteiger partial charge < -0.3 is 24.3 Å². The van der Waals surface area contributed by atoms with Gasteiger partial charge in [0.1, 0.15) is 6.04 Å². The number of benzene rings is 1. The Balaban J connectivity index is 1.30. The molecule has 0 aromatic heterocycles. The number of imide groups is 2. The highest BCUT2D eigenvalue weighted by Gasteiger charge is 2.45. The van der Waals surface area contributed by atoms with Crippen LogP contribution in [0.5, 0.6) is 0 Å². The fourth-order valence-electron chi connectivity index (χ4n) is 3.83. The summed E-state index contributed by atoms with van der Waals surface area (Å²) in [5.74, 6) is -2.17. The van der Waals surface area contributed by atoms with E-state index < -0.39 is 29.7 Å². The third-order valence-corrected chi connectivity index (χ3v) is 5.54. The standard InChI is InChI=1S/C23H30N6O8/c24-28-26-7-9-35-11-13-37-15-14-36-12-10-34-8-6-25-17-3-1-2-16-20(17)23(33)29(22(16)32)18-4-5-19(30)27-21(18)31/h1-3,18,25H,4-15H2,(H,27,30,31). The maximum Gasteiger partial charge on any atom is 0.264 e. The Labute approximate surface area is 213 Å². The Morgan fingerprint density at radius 2 is 1.59 bits per heavy atom. The van der Waals surface area contributed by atoms with Crippen LogP contribution in [-0.2, 0) is 28.5 Å². The summed E-state index contributed by atoms with van der Waals surface area (Å²) in [5.41, 5.74) is 9.04. The minimum absolute atomic E-state index is 0.0687. The predicted molar refractivity (Wildman–Crippen MR) is 129 cm³/mol. The molecule has 14 nitrogen and oxygen atoms in total.